The van der Waals surface area contributed by atoms with Crippen LogP contribution in [0.4, 0.5) is 5.69 Å². The van der Waals surface area contributed by atoms with Crippen LogP contribution in [0.15, 0.2) is 50.8 Å². The third-order valence-electron chi connectivity index (χ3n) is 3.56. The van der Waals surface area contributed by atoms with Gasteiger partial charge in [0.25, 0.3) is 0 Å². The van der Waals surface area contributed by atoms with Crippen molar-refractivity contribution in [2.45, 2.75) is 22.3 Å². The van der Waals surface area contributed by atoms with E-state index in [1.165, 1.54) is 24.3 Å². The molecule has 1 heterocycles. The van der Waals surface area contributed by atoms with Crippen LogP contribution in [0.2, 0.25) is 0 Å². The number of sulfone groups is 1. The first-order chi connectivity index (χ1) is 11.2. The number of nitrogens with zero attached hydrogens (tertiary/aromatic N) is 2. The molecule has 0 bridgehead atoms. The highest BCUT2D eigenvalue weighted by Gasteiger charge is 2.21. The Bertz CT molecular complexity index is 807. The summed E-state index contributed by atoms with van der Waals surface area (Å²) in [5.74, 6) is 0. The number of aromatic nitrogens is 1. The van der Waals surface area contributed by atoms with Crippen LogP contribution >= 0.6 is 15.9 Å². The summed E-state index contributed by atoms with van der Waals surface area (Å²) in [5.41, 5.74) is 12.8. The van der Waals surface area contributed by atoms with Crippen LogP contribution in [0.5, 0.6) is 0 Å². The standard InChI is InChI=1S/C16H21BrN4O2S/c1-21(2)8-7-14(19)15-9-13(10-16(17)20-15)24(22,23)12-5-3-11(18)4-6-12/h3-6,9-10,14H,7-8,18-19H2,1-2H3. The molecule has 1 unspecified atom stereocenters. The summed E-state index contributed by atoms with van der Waals surface area (Å²) >= 11 is 3.28. The molecule has 0 radical (unpaired) electrons. The fraction of sp³-hybridized carbons (Fsp3) is 0.312. The average Bonchev–Trinajstić information content (AvgIpc) is 2.52. The number of benzene rings is 1. The smallest absolute Gasteiger partial charge is 0.206 e. The SMILES string of the molecule is CN(C)CCC(N)c1cc(S(=O)(=O)c2ccc(N)cc2)cc(Br)n1. The lowest BCUT2D eigenvalue weighted by atomic mass is 10.1. The van der Waals surface area contributed by atoms with Crippen LogP contribution in [0.25, 0.3) is 0 Å². The second kappa shape index (κ2) is 7.60. The van der Waals surface area contributed by atoms with Gasteiger partial charge in [0.1, 0.15) is 4.60 Å². The fourth-order valence-electron chi connectivity index (χ4n) is 2.17. The summed E-state index contributed by atoms with van der Waals surface area (Å²) in [6, 6.07) is 8.78. The summed E-state index contributed by atoms with van der Waals surface area (Å²) < 4.78 is 26.0. The Morgan fingerprint density at radius 1 is 1.17 bits per heavy atom. The zero-order chi connectivity index (χ0) is 17.9. The van der Waals surface area contributed by atoms with Gasteiger partial charge < -0.3 is 16.4 Å². The van der Waals surface area contributed by atoms with Crippen LogP contribution in [0.1, 0.15) is 18.2 Å². The molecule has 0 aliphatic heterocycles. The van der Waals surface area contributed by atoms with Crippen LogP contribution < -0.4 is 11.5 Å². The van der Waals surface area contributed by atoms with Crippen molar-refractivity contribution in [3.05, 3.63) is 46.7 Å². The van der Waals surface area contributed by atoms with Crippen molar-refractivity contribution < 1.29 is 8.42 Å². The number of hydrogen-bond acceptors (Lipinski definition) is 6. The first-order valence-corrected chi connectivity index (χ1v) is 9.66. The Morgan fingerprint density at radius 3 is 2.38 bits per heavy atom. The molecule has 0 amide bonds. The van der Waals surface area contributed by atoms with Gasteiger partial charge >= 0.3 is 0 Å². The predicted molar refractivity (Wildman–Crippen MR) is 98.3 cm³/mol. The lowest BCUT2D eigenvalue weighted by molar-refractivity contribution is 0.380. The number of nitrogens with two attached hydrogens (primary N) is 2. The minimum Gasteiger partial charge on any atom is -0.399 e. The number of rotatable bonds is 6. The van der Waals surface area contributed by atoms with E-state index in [-0.39, 0.29) is 15.8 Å². The summed E-state index contributed by atoms with van der Waals surface area (Å²) in [4.78, 5) is 6.68. The van der Waals surface area contributed by atoms with E-state index in [1.54, 1.807) is 12.1 Å². The molecular weight excluding hydrogens is 392 g/mol. The average molecular weight is 413 g/mol. The van der Waals surface area contributed by atoms with Crippen LogP contribution in [0.3, 0.4) is 0 Å². The highest BCUT2D eigenvalue weighted by atomic mass is 79.9. The van der Waals surface area contributed by atoms with E-state index < -0.39 is 9.84 Å². The van der Waals surface area contributed by atoms with Gasteiger partial charge in [-0.05, 0) is 79.4 Å². The molecule has 1 atom stereocenters. The van der Waals surface area contributed by atoms with Crippen molar-refractivity contribution in [1.29, 1.82) is 0 Å². The predicted octanol–water partition coefficient (Wildman–Crippen LogP) is 2.21. The van der Waals surface area contributed by atoms with Crippen molar-refractivity contribution in [3.8, 4) is 0 Å². The van der Waals surface area contributed by atoms with Gasteiger partial charge in [-0.3, -0.25) is 0 Å². The Labute approximate surface area is 150 Å². The van der Waals surface area contributed by atoms with Gasteiger partial charge in [0.2, 0.25) is 9.84 Å². The molecule has 24 heavy (non-hydrogen) atoms. The monoisotopic (exact) mass is 412 g/mol. The maximum Gasteiger partial charge on any atom is 0.206 e. The first-order valence-electron chi connectivity index (χ1n) is 7.38. The van der Waals surface area contributed by atoms with E-state index in [9.17, 15) is 8.42 Å². The summed E-state index contributed by atoms with van der Waals surface area (Å²) in [6.45, 7) is 0.787. The first kappa shape index (κ1) is 18.9. The maximum atomic E-state index is 12.8. The van der Waals surface area contributed by atoms with Gasteiger partial charge in [0, 0.05) is 11.7 Å². The zero-order valence-electron chi connectivity index (χ0n) is 13.6. The molecule has 0 saturated carbocycles. The van der Waals surface area contributed by atoms with Gasteiger partial charge in [0.05, 0.1) is 15.5 Å². The molecule has 1 aromatic carbocycles. The quantitative estimate of drug-likeness (QED) is 0.556. The number of anilines is 1. The van der Waals surface area contributed by atoms with E-state index in [2.05, 4.69) is 20.9 Å². The van der Waals surface area contributed by atoms with Crippen molar-refractivity contribution >= 4 is 31.5 Å². The molecule has 0 saturated heterocycles. The molecule has 8 heteroatoms. The molecule has 130 valence electrons. The minimum absolute atomic E-state index is 0.157. The van der Waals surface area contributed by atoms with Gasteiger partial charge in [-0.15, -0.1) is 0 Å². The largest absolute Gasteiger partial charge is 0.399 e. The van der Waals surface area contributed by atoms with Crippen molar-refractivity contribution in [2.75, 3.05) is 26.4 Å². The van der Waals surface area contributed by atoms with E-state index in [1.807, 2.05) is 19.0 Å². The van der Waals surface area contributed by atoms with Crippen molar-refractivity contribution in [1.82, 2.24) is 9.88 Å². The van der Waals surface area contributed by atoms with Gasteiger partial charge in [-0.1, -0.05) is 0 Å². The summed E-state index contributed by atoms with van der Waals surface area (Å²) in [6.07, 6.45) is 0.678. The van der Waals surface area contributed by atoms with Gasteiger partial charge in [0.15, 0.2) is 0 Å². The molecular formula is C16H21BrN4O2S. The number of nitrogen functional groups attached to an aromatic ring is 1. The molecule has 0 spiro atoms. The Morgan fingerprint density at radius 2 is 1.79 bits per heavy atom. The van der Waals surface area contributed by atoms with E-state index in [4.69, 9.17) is 11.5 Å². The lowest BCUT2D eigenvalue weighted by Gasteiger charge is -2.16. The normalized spacial score (nSPS) is 13.2. The van der Waals surface area contributed by atoms with Gasteiger partial charge in [-0.25, -0.2) is 13.4 Å². The number of pyridine rings is 1. The Kier molecular flexibility index (Phi) is 5.97. The van der Waals surface area contributed by atoms with E-state index in [0.717, 1.165) is 6.54 Å². The molecule has 4 N–H and O–H groups in total. The molecule has 0 aliphatic carbocycles. The molecule has 2 aromatic rings. The van der Waals surface area contributed by atoms with E-state index in [0.29, 0.717) is 22.4 Å². The molecule has 1 aromatic heterocycles. The van der Waals surface area contributed by atoms with Gasteiger partial charge in [-0.2, -0.15) is 0 Å². The second-order valence-corrected chi connectivity index (χ2v) is 8.58. The Hall–Kier alpha value is -1.48. The molecule has 0 aliphatic rings. The third-order valence-corrected chi connectivity index (χ3v) is 5.71. The maximum absolute atomic E-state index is 12.8. The Balaban J connectivity index is 2.38. The molecule has 6 nitrogen and oxygen atoms in total. The second-order valence-electron chi connectivity index (χ2n) is 5.82. The van der Waals surface area contributed by atoms with Crippen LogP contribution in [-0.2, 0) is 9.84 Å². The van der Waals surface area contributed by atoms with Crippen LogP contribution in [0, 0.1) is 0 Å². The summed E-state index contributed by atoms with van der Waals surface area (Å²) in [7, 11) is 0.256. The minimum atomic E-state index is -3.66. The zero-order valence-corrected chi connectivity index (χ0v) is 16.0. The lowest BCUT2D eigenvalue weighted by Crippen LogP contribution is -2.21. The van der Waals surface area contributed by atoms with E-state index >= 15 is 0 Å². The topological polar surface area (TPSA) is 102 Å². The molecule has 2 rings (SSSR count). The fourth-order valence-corrected chi connectivity index (χ4v) is 4.08. The van der Waals surface area contributed by atoms with Crippen LogP contribution in [-0.4, -0.2) is 38.9 Å². The van der Waals surface area contributed by atoms with Crippen molar-refractivity contribution in [3.63, 3.8) is 0 Å². The number of hydrogen-bond donors (Lipinski definition) is 2. The molecule has 0 fully saturated rings. The van der Waals surface area contributed by atoms with Crippen molar-refractivity contribution in [2.24, 2.45) is 5.73 Å². The number of halogens is 1. The highest BCUT2D eigenvalue weighted by Crippen LogP contribution is 2.26. The third kappa shape index (κ3) is 4.54. The summed E-state index contributed by atoms with van der Waals surface area (Å²) in [5, 5.41) is 0. The highest BCUT2D eigenvalue weighted by molar-refractivity contribution is 9.10.